The summed E-state index contributed by atoms with van der Waals surface area (Å²) in [6, 6.07) is 5.89. The lowest BCUT2D eigenvalue weighted by molar-refractivity contribution is 0.709. The first-order valence-corrected chi connectivity index (χ1v) is 9.16. The number of unbranched alkanes of at least 4 members (excludes halogenated alkanes) is 1. The molecule has 0 aliphatic rings. The summed E-state index contributed by atoms with van der Waals surface area (Å²) in [5.41, 5.74) is 1.14. The van der Waals surface area contributed by atoms with Crippen LogP contribution in [0, 0.1) is 6.92 Å². The molecule has 2 heterocycles. The maximum Gasteiger partial charge on any atom is 0.190 e. The van der Waals surface area contributed by atoms with Gasteiger partial charge in [0.25, 0.3) is 0 Å². The van der Waals surface area contributed by atoms with Gasteiger partial charge >= 0.3 is 0 Å². The molecular weight excluding hydrogens is 320 g/mol. The minimum Gasteiger partial charge on any atom is -0.370 e. The van der Waals surface area contributed by atoms with Gasteiger partial charge < -0.3 is 16.0 Å². The van der Waals surface area contributed by atoms with Crippen molar-refractivity contribution in [3.8, 4) is 0 Å². The summed E-state index contributed by atoms with van der Waals surface area (Å²) in [5.74, 6) is 1.78. The number of hydrogen-bond acceptors (Lipinski definition) is 5. The third-order valence-electron chi connectivity index (χ3n) is 3.43. The smallest absolute Gasteiger partial charge is 0.190 e. The number of thiazole rings is 1. The third kappa shape index (κ3) is 6.95. The van der Waals surface area contributed by atoms with Crippen molar-refractivity contribution < 1.29 is 0 Å². The zero-order valence-electron chi connectivity index (χ0n) is 14.4. The summed E-state index contributed by atoms with van der Waals surface area (Å²) in [7, 11) is 1.80. The van der Waals surface area contributed by atoms with Crippen LogP contribution in [0.15, 0.2) is 34.8 Å². The average Bonchev–Trinajstić information content (AvgIpc) is 3.02. The summed E-state index contributed by atoms with van der Waals surface area (Å²) >= 11 is 1.69. The van der Waals surface area contributed by atoms with Gasteiger partial charge in [-0.3, -0.25) is 4.99 Å². The molecule has 2 aromatic heterocycles. The van der Waals surface area contributed by atoms with Gasteiger partial charge in [0.2, 0.25) is 0 Å². The summed E-state index contributed by atoms with van der Waals surface area (Å²) in [5, 5.41) is 13.2. The zero-order valence-corrected chi connectivity index (χ0v) is 15.2. The molecule has 7 heteroatoms. The Kier molecular flexibility index (Phi) is 8.03. The molecule has 6 nitrogen and oxygen atoms in total. The van der Waals surface area contributed by atoms with Gasteiger partial charge in [0.1, 0.15) is 5.82 Å². The number of aromatic nitrogens is 2. The van der Waals surface area contributed by atoms with Crippen LogP contribution >= 0.6 is 11.3 Å². The molecule has 0 fully saturated rings. The molecule has 0 bridgehead atoms. The summed E-state index contributed by atoms with van der Waals surface area (Å²) in [6.07, 6.45) is 4.87. The van der Waals surface area contributed by atoms with Crippen LogP contribution in [0.4, 0.5) is 5.82 Å². The number of nitrogens with one attached hydrogen (secondary N) is 3. The van der Waals surface area contributed by atoms with Crippen molar-refractivity contribution in [2.45, 2.75) is 26.2 Å². The molecule has 24 heavy (non-hydrogen) atoms. The van der Waals surface area contributed by atoms with E-state index in [4.69, 9.17) is 0 Å². The van der Waals surface area contributed by atoms with Crippen LogP contribution in [0.5, 0.6) is 0 Å². The van der Waals surface area contributed by atoms with Crippen LogP contribution in [0.25, 0.3) is 0 Å². The van der Waals surface area contributed by atoms with Crippen molar-refractivity contribution >= 4 is 23.1 Å². The van der Waals surface area contributed by atoms with E-state index in [0.29, 0.717) is 0 Å². The van der Waals surface area contributed by atoms with E-state index in [-0.39, 0.29) is 0 Å². The second-order valence-electron chi connectivity index (χ2n) is 5.38. The van der Waals surface area contributed by atoms with E-state index in [0.717, 1.165) is 61.4 Å². The Morgan fingerprint density at radius 3 is 2.71 bits per heavy atom. The largest absolute Gasteiger partial charge is 0.370 e. The molecule has 0 amide bonds. The van der Waals surface area contributed by atoms with E-state index in [1.807, 2.05) is 25.1 Å². The fourth-order valence-electron chi connectivity index (χ4n) is 2.19. The van der Waals surface area contributed by atoms with Gasteiger partial charge in [-0.2, -0.15) is 0 Å². The third-order valence-corrected chi connectivity index (χ3v) is 4.25. The van der Waals surface area contributed by atoms with Crippen LogP contribution in [0.3, 0.4) is 0 Å². The molecule has 0 aliphatic heterocycles. The lowest BCUT2D eigenvalue weighted by atomic mass is 10.3. The predicted molar refractivity (Wildman–Crippen MR) is 102 cm³/mol. The first-order chi connectivity index (χ1) is 11.8. The molecule has 3 N–H and O–H groups in total. The molecule has 0 aromatic carbocycles. The second kappa shape index (κ2) is 10.6. The van der Waals surface area contributed by atoms with Crippen LogP contribution < -0.4 is 16.0 Å². The van der Waals surface area contributed by atoms with E-state index in [1.54, 1.807) is 24.6 Å². The molecular formula is C17H26N6S. The van der Waals surface area contributed by atoms with Gasteiger partial charge in [-0.15, -0.1) is 11.3 Å². The highest BCUT2D eigenvalue weighted by molar-refractivity contribution is 7.09. The predicted octanol–water partition coefficient (Wildman–Crippen LogP) is 2.45. The number of rotatable bonds is 9. The van der Waals surface area contributed by atoms with Crippen LogP contribution in [0.2, 0.25) is 0 Å². The molecule has 0 saturated carbocycles. The van der Waals surface area contributed by atoms with Gasteiger partial charge in [0.05, 0.1) is 10.7 Å². The maximum atomic E-state index is 4.46. The SMILES string of the molecule is CN=C(NCCCCNc1ccccn1)NCCc1csc(C)n1. The molecule has 0 atom stereocenters. The van der Waals surface area contributed by atoms with Crippen molar-refractivity contribution in [3.63, 3.8) is 0 Å². The summed E-state index contributed by atoms with van der Waals surface area (Å²) < 4.78 is 0. The normalized spacial score (nSPS) is 11.3. The monoisotopic (exact) mass is 346 g/mol. The summed E-state index contributed by atoms with van der Waals surface area (Å²) in [6.45, 7) is 4.70. The highest BCUT2D eigenvalue weighted by Gasteiger charge is 2.00. The Morgan fingerprint density at radius 1 is 1.17 bits per heavy atom. The fraction of sp³-hybridized carbons (Fsp3) is 0.471. The van der Waals surface area contributed by atoms with Gasteiger partial charge in [-0.25, -0.2) is 9.97 Å². The first-order valence-electron chi connectivity index (χ1n) is 8.28. The minimum atomic E-state index is 0.837. The minimum absolute atomic E-state index is 0.837. The number of pyridine rings is 1. The highest BCUT2D eigenvalue weighted by Crippen LogP contribution is 2.07. The molecule has 2 rings (SSSR count). The Labute approximate surface area is 147 Å². The molecule has 130 valence electrons. The van der Waals surface area contributed by atoms with E-state index in [1.165, 1.54) is 0 Å². The Hall–Kier alpha value is -2.15. The maximum absolute atomic E-state index is 4.46. The average molecular weight is 347 g/mol. The van der Waals surface area contributed by atoms with Gasteiger partial charge in [-0.1, -0.05) is 6.07 Å². The molecule has 0 aliphatic carbocycles. The van der Waals surface area contributed by atoms with Crippen molar-refractivity contribution in [2.75, 3.05) is 32.0 Å². The van der Waals surface area contributed by atoms with E-state index in [9.17, 15) is 0 Å². The lowest BCUT2D eigenvalue weighted by Gasteiger charge is -2.11. The molecule has 0 spiro atoms. The molecule has 0 saturated heterocycles. The Morgan fingerprint density at radius 2 is 2.00 bits per heavy atom. The number of aryl methyl sites for hydroxylation is 1. The van der Waals surface area contributed by atoms with Crippen molar-refractivity contribution in [1.29, 1.82) is 0 Å². The number of anilines is 1. The summed E-state index contributed by atoms with van der Waals surface area (Å²) in [4.78, 5) is 12.9. The van der Waals surface area contributed by atoms with Gasteiger partial charge in [0, 0.05) is 44.7 Å². The van der Waals surface area contributed by atoms with E-state index in [2.05, 4.69) is 36.3 Å². The van der Waals surface area contributed by atoms with Gasteiger partial charge in [0.15, 0.2) is 5.96 Å². The van der Waals surface area contributed by atoms with Crippen molar-refractivity contribution in [1.82, 2.24) is 20.6 Å². The Bertz CT molecular complexity index is 611. The highest BCUT2D eigenvalue weighted by atomic mass is 32.1. The van der Waals surface area contributed by atoms with E-state index >= 15 is 0 Å². The van der Waals surface area contributed by atoms with Gasteiger partial charge in [-0.05, 0) is 31.9 Å². The quantitative estimate of drug-likeness (QED) is 0.369. The molecule has 0 unspecified atom stereocenters. The Balaban J connectivity index is 1.52. The van der Waals surface area contributed by atoms with E-state index < -0.39 is 0 Å². The molecule has 2 aromatic rings. The number of guanidine groups is 1. The molecule has 0 radical (unpaired) electrons. The number of hydrogen-bond donors (Lipinski definition) is 3. The number of nitrogens with zero attached hydrogens (tertiary/aromatic N) is 3. The number of aliphatic imine (C=N–C) groups is 1. The van der Waals surface area contributed by atoms with Crippen LogP contribution in [-0.2, 0) is 6.42 Å². The second-order valence-corrected chi connectivity index (χ2v) is 6.44. The van der Waals surface area contributed by atoms with Crippen molar-refractivity contribution in [2.24, 2.45) is 4.99 Å². The van der Waals surface area contributed by atoms with Crippen LogP contribution in [-0.4, -0.2) is 42.6 Å². The standard InChI is InChI=1S/C17H26N6S/c1-14-23-15(13-24-14)8-12-22-17(18-2)21-11-6-5-10-20-16-7-3-4-9-19-16/h3-4,7,9,13H,5-6,8,10-12H2,1-2H3,(H,19,20)(H2,18,21,22). The first kappa shape index (κ1) is 18.2. The lowest BCUT2D eigenvalue weighted by Crippen LogP contribution is -2.38. The van der Waals surface area contributed by atoms with Crippen LogP contribution in [0.1, 0.15) is 23.5 Å². The van der Waals surface area contributed by atoms with Crippen molar-refractivity contribution in [3.05, 3.63) is 40.5 Å². The zero-order chi connectivity index (χ0) is 17.0. The fourth-order valence-corrected chi connectivity index (χ4v) is 2.84. The topological polar surface area (TPSA) is 74.2 Å².